The molecule has 0 N–H and O–H groups in total. The Morgan fingerprint density at radius 2 is 1.51 bits per heavy atom. The number of aryl methyl sites for hydroxylation is 2. The van der Waals surface area contributed by atoms with Crippen molar-refractivity contribution in [3.8, 4) is 33.8 Å². The fourth-order valence-electron chi connectivity index (χ4n) is 5.32. The molecule has 227 valence electrons. The number of fused-ring (bicyclic) bond motifs is 3. The first kappa shape index (κ1) is 29.3. The van der Waals surface area contributed by atoms with Gasteiger partial charge in [-0.1, -0.05) is 73.7 Å². The van der Waals surface area contributed by atoms with E-state index in [1.807, 2.05) is 81.4 Å². The number of nitrogens with zero attached hydrogens (tertiary/aromatic N) is 3. The van der Waals surface area contributed by atoms with Crippen LogP contribution in [0.2, 0.25) is 0 Å². The van der Waals surface area contributed by atoms with Crippen LogP contribution in [0.5, 0.6) is 0 Å². The summed E-state index contributed by atoms with van der Waals surface area (Å²) in [7, 11) is 0. The van der Waals surface area contributed by atoms with Crippen LogP contribution in [0.25, 0.3) is 55.8 Å². The maximum Gasteiger partial charge on any atom is 0.216 e. The van der Waals surface area contributed by atoms with Gasteiger partial charge in [-0.15, -0.1) is 54.1 Å². The van der Waals surface area contributed by atoms with Crippen LogP contribution in [0, 0.1) is 31.4 Å². The van der Waals surface area contributed by atoms with Crippen molar-refractivity contribution in [2.75, 3.05) is 0 Å². The Labute approximate surface area is 281 Å². The second-order valence-electron chi connectivity index (χ2n) is 11.8. The van der Waals surface area contributed by atoms with Gasteiger partial charge in [0.15, 0.2) is 0 Å². The van der Waals surface area contributed by atoms with Gasteiger partial charge in [0.1, 0.15) is 0 Å². The molecule has 4 aromatic heterocycles. The molecule has 0 aliphatic heterocycles. The average Bonchev–Trinajstić information content (AvgIpc) is 3.43. The maximum atomic E-state index is 8.66. The molecule has 3 aromatic carbocycles. The molecular formula is C40H35IrN3O-2. The topological polar surface area (TPSA) is 51.8 Å². The van der Waals surface area contributed by atoms with Crippen molar-refractivity contribution >= 4 is 22.1 Å². The summed E-state index contributed by atoms with van der Waals surface area (Å²) >= 11 is 0. The molecule has 0 bridgehead atoms. The molecule has 4 heterocycles. The number of hydrogen-bond acceptors (Lipinski definition) is 4. The first-order valence-corrected chi connectivity index (χ1v) is 14.7. The molecule has 5 heteroatoms. The van der Waals surface area contributed by atoms with Crippen LogP contribution in [0.1, 0.15) is 40.2 Å². The molecule has 0 fully saturated rings. The summed E-state index contributed by atoms with van der Waals surface area (Å²) in [5, 5.41) is 1.87. The van der Waals surface area contributed by atoms with E-state index in [9.17, 15) is 0 Å². The van der Waals surface area contributed by atoms with Gasteiger partial charge in [0.25, 0.3) is 0 Å². The van der Waals surface area contributed by atoms with Crippen LogP contribution in [0.4, 0.5) is 0 Å². The SMILES string of the molecule is [2H]C([2H])(c1ccnc(-c2[c-]ccc3c2oc2nc(-c4c(C)cccc4C)ccc23)c1)C(C)(C)C.[Ir].[c-]1ccccc1-c1ccccn1. The zero-order chi connectivity index (χ0) is 32.5. The molecule has 7 rings (SSSR count). The minimum absolute atomic E-state index is 0. The molecule has 1 radical (unpaired) electrons. The average molecular weight is 768 g/mol. The van der Waals surface area contributed by atoms with E-state index in [1.165, 1.54) is 11.1 Å². The molecule has 0 unspecified atom stereocenters. The first-order chi connectivity index (χ1) is 22.0. The Morgan fingerprint density at radius 3 is 2.22 bits per heavy atom. The van der Waals surface area contributed by atoms with E-state index in [2.05, 4.69) is 60.2 Å². The normalized spacial score (nSPS) is 12.1. The van der Waals surface area contributed by atoms with Gasteiger partial charge < -0.3 is 14.4 Å². The molecular weight excluding hydrogens is 731 g/mol. The fraction of sp³-hybridized carbons (Fsp3) is 0.175. The maximum absolute atomic E-state index is 8.66. The third kappa shape index (κ3) is 7.28. The van der Waals surface area contributed by atoms with Crippen LogP contribution in [0.15, 0.2) is 114 Å². The van der Waals surface area contributed by atoms with E-state index in [4.69, 9.17) is 12.1 Å². The van der Waals surface area contributed by atoms with Crippen LogP contribution in [-0.2, 0) is 26.5 Å². The Morgan fingerprint density at radius 1 is 0.733 bits per heavy atom. The number of hydrogen-bond donors (Lipinski definition) is 0. The number of pyridine rings is 3. The van der Waals surface area contributed by atoms with Crippen LogP contribution < -0.4 is 0 Å². The van der Waals surface area contributed by atoms with E-state index < -0.39 is 11.8 Å². The third-order valence-corrected chi connectivity index (χ3v) is 7.22. The van der Waals surface area contributed by atoms with Gasteiger partial charge >= 0.3 is 0 Å². The Balaban J connectivity index is 0.000000280. The Hall–Kier alpha value is -4.44. The van der Waals surface area contributed by atoms with Gasteiger partial charge in [-0.25, -0.2) is 4.98 Å². The molecule has 0 spiro atoms. The Bertz CT molecular complexity index is 2080. The second kappa shape index (κ2) is 13.7. The molecule has 45 heavy (non-hydrogen) atoms. The molecule has 0 saturated carbocycles. The van der Waals surface area contributed by atoms with Crippen LogP contribution in [-0.4, -0.2) is 15.0 Å². The number of benzene rings is 3. The van der Waals surface area contributed by atoms with Crippen LogP contribution in [0.3, 0.4) is 0 Å². The molecule has 0 atom stereocenters. The summed E-state index contributed by atoms with van der Waals surface area (Å²) in [6, 6.07) is 37.8. The Kier molecular flexibility index (Phi) is 8.90. The number of rotatable bonds is 4. The summed E-state index contributed by atoms with van der Waals surface area (Å²) < 4.78 is 23.6. The van der Waals surface area contributed by atoms with Crippen molar-refractivity contribution in [1.82, 2.24) is 15.0 Å². The third-order valence-electron chi connectivity index (χ3n) is 7.22. The number of furan rings is 1. The van der Waals surface area contributed by atoms with Crippen molar-refractivity contribution in [3.05, 3.63) is 138 Å². The molecule has 0 saturated heterocycles. The van der Waals surface area contributed by atoms with Gasteiger partial charge in [0.05, 0.1) is 11.3 Å². The van der Waals surface area contributed by atoms with Crippen molar-refractivity contribution in [2.24, 2.45) is 5.41 Å². The van der Waals surface area contributed by atoms with E-state index in [1.54, 1.807) is 24.5 Å². The predicted molar refractivity (Wildman–Crippen MR) is 180 cm³/mol. The smallest absolute Gasteiger partial charge is 0.216 e. The van der Waals surface area contributed by atoms with Gasteiger partial charge in [-0.3, -0.25) is 0 Å². The van der Waals surface area contributed by atoms with E-state index in [-0.39, 0.29) is 20.1 Å². The summed E-state index contributed by atoms with van der Waals surface area (Å²) in [5.41, 5.74) is 8.94. The standard InChI is InChI=1S/C29H27N2O.C11H8N.Ir/c1-18-8-6-9-19(2)26(18)24-13-12-22-21-10-7-11-23(27(21)32-28(22)31-24)25-16-20(14-15-30-25)17-29(3,4)5;1-2-6-10(7-3-1)11-8-4-5-9-12-11;/h6-10,12-16H,17H2,1-5H3;1-6,8-9H;/q2*-1;/i17D2;;. The number of aromatic nitrogens is 3. The summed E-state index contributed by atoms with van der Waals surface area (Å²) in [6.45, 7) is 9.89. The molecule has 0 aliphatic carbocycles. The fourth-order valence-corrected chi connectivity index (χ4v) is 5.32. The zero-order valence-electron chi connectivity index (χ0n) is 28.0. The largest absolute Gasteiger partial charge is 0.486 e. The van der Waals surface area contributed by atoms with Gasteiger partial charge in [0, 0.05) is 46.2 Å². The first-order valence-electron chi connectivity index (χ1n) is 15.7. The van der Waals surface area contributed by atoms with Crippen molar-refractivity contribution < 1.29 is 27.3 Å². The summed E-state index contributed by atoms with van der Waals surface area (Å²) in [6.07, 6.45) is 1.92. The van der Waals surface area contributed by atoms with Crippen molar-refractivity contribution in [1.29, 1.82) is 0 Å². The van der Waals surface area contributed by atoms with E-state index in [0.29, 0.717) is 28.1 Å². The van der Waals surface area contributed by atoms with Gasteiger partial charge in [0.2, 0.25) is 5.71 Å². The van der Waals surface area contributed by atoms with Gasteiger partial charge in [-0.05, 0) is 72.4 Å². The summed E-state index contributed by atoms with van der Waals surface area (Å²) in [5.74, 6) is 0. The van der Waals surface area contributed by atoms with Crippen molar-refractivity contribution in [2.45, 2.75) is 41.0 Å². The van der Waals surface area contributed by atoms with E-state index >= 15 is 0 Å². The van der Waals surface area contributed by atoms with Crippen LogP contribution >= 0.6 is 0 Å². The molecule has 0 amide bonds. The second-order valence-corrected chi connectivity index (χ2v) is 11.8. The summed E-state index contributed by atoms with van der Waals surface area (Å²) in [4.78, 5) is 13.6. The minimum atomic E-state index is -1.52. The molecule has 7 aromatic rings. The zero-order valence-corrected chi connectivity index (χ0v) is 28.4. The molecule has 4 nitrogen and oxygen atoms in total. The molecule has 0 aliphatic rings. The van der Waals surface area contributed by atoms with E-state index in [0.717, 1.165) is 33.3 Å². The predicted octanol–water partition coefficient (Wildman–Crippen LogP) is 10.3. The minimum Gasteiger partial charge on any atom is -0.486 e. The van der Waals surface area contributed by atoms with Crippen molar-refractivity contribution in [3.63, 3.8) is 0 Å². The monoisotopic (exact) mass is 768 g/mol. The van der Waals surface area contributed by atoms with Gasteiger partial charge in [-0.2, -0.15) is 0 Å². The quantitative estimate of drug-likeness (QED) is 0.167.